The van der Waals surface area contributed by atoms with Crippen molar-refractivity contribution in [1.82, 2.24) is 4.90 Å². The number of nitrogens with zero attached hydrogens (tertiary/aromatic N) is 1. The summed E-state index contributed by atoms with van der Waals surface area (Å²) in [6.07, 6.45) is 5.57. The van der Waals surface area contributed by atoms with Gasteiger partial charge in [0, 0.05) is 25.1 Å². The van der Waals surface area contributed by atoms with Crippen LogP contribution in [0.15, 0.2) is 0 Å². The van der Waals surface area contributed by atoms with Crippen LogP contribution < -0.4 is 0 Å². The molecule has 3 aliphatic heterocycles. The van der Waals surface area contributed by atoms with Crippen LogP contribution in [0, 0.1) is 5.92 Å². The average molecular weight is 267 g/mol. The Morgan fingerprint density at radius 2 is 1.84 bits per heavy atom. The number of piperidine rings is 1. The van der Waals surface area contributed by atoms with E-state index in [9.17, 15) is 9.59 Å². The van der Waals surface area contributed by atoms with E-state index >= 15 is 0 Å². The first-order valence-corrected chi connectivity index (χ1v) is 7.30. The molecule has 0 aliphatic carbocycles. The van der Waals surface area contributed by atoms with Crippen molar-refractivity contribution in [2.75, 3.05) is 6.61 Å². The van der Waals surface area contributed by atoms with Crippen LogP contribution in [0.25, 0.3) is 0 Å². The van der Waals surface area contributed by atoms with Crippen LogP contribution in [-0.4, -0.2) is 46.7 Å². The highest BCUT2D eigenvalue weighted by molar-refractivity contribution is 5.82. The molecule has 3 fully saturated rings. The van der Waals surface area contributed by atoms with E-state index in [0.29, 0.717) is 6.61 Å². The van der Waals surface area contributed by atoms with Gasteiger partial charge in [0.15, 0.2) is 0 Å². The Bertz CT molecular complexity index is 364. The number of carbonyl (C=O) groups is 2. The zero-order valence-corrected chi connectivity index (χ0v) is 11.1. The maximum atomic E-state index is 12.5. The number of fused-ring (bicyclic) bond motifs is 2. The van der Waals surface area contributed by atoms with Crippen molar-refractivity contribution in [3.63, 3.8) is 0 Å². The summed E-state index contributed by atoms with van der Waals surface area (Å²) in [5.41, 5.74) is 0. The van der Waals surface area contributed by atoms with E-state index < -0.39 is 5.97 Å². The van der Waals surface area contributed by atoms with Gasteiger partial charge in [0.25, 0.3) is 5.91 Å². The molecule has 2 bridgehead atoms. The molecule has 3 saturated heterocycles. The highest BCUT2D eigenvalue weighted by atomic mass is 16.5. The predicted molar refractivity (Wildman–Crippen MR) is 67.6 cm³/mol. The minimum absolute atomic E-state index is 0.152. The summed E-state index contributed by atoms with van der Waals surface area (Å²) in [4.78, 5) is 25.3. The lowest BCUT2D eigenvalue weighted by Gasteiger charge is -2.39. The van der Waals surface area contributed by atoms with E-state index in [-0.39, 0.29) is 36.4 Å². The van der Waals surface area contributed by atoms with Gasteiger partial charge in [0.1, 0.15) is 6.10 Å². The first-order valence-electron chi connectivity index (χ1n) is 7.30. The van der Waals surface area contributed by atoms with Gasteiger partial charge in [-0.1, -0.05) is 0 Å². The lowest BCUT2D eigenvalue weighted by atomic mass is 9.88. The minimum atomic E-state index is -0.719. The van der Waals surface area contributed by atoms with Gasteiger partial charge in [-0.2, -0.15) is 0 Å². The second kappa shape index (κ2) is 5.12. The molecular weight excluding hydrogens is 246 g/mol. The molecule has 3 rings (SSSR count). The number of hydrogen-bond acceptors (Lipinski definition) is 3. The van der Waals surface area contributed by atoms with Crippen LogP contribution >= 0.6 is 0 Å². The third-order valence-electron chi connectivity index (χ3n) is 4.75. The molecule has 0 radical (unpaired) electrons. The van der Waals surface area contributed by atoms with E-state index in [1.165, 1.54) is 0 Å². The fourth-order valence-electron chi connectivity index (χ4n) is 4.00. The Hall–Kier alpha value is -1.10. The summed E-state index contributed by atoms with van der Waals surface area (Å²) in [7, 11) is 0. The van der Waals surface area contributed by atoms with Crippen molar-refractivity contribution in [2.45, 2.75) is 63.1 Å². The van der Waals surface area contributed by atoms with Gasteiger partial charge in [-0.3, -0.25) is 9.59 Å². The lowest BCUT2D eigenvalue weighted by molar-refractivity contribution is -0.147. The van der Waals surface area contributed by atoms with Gasteiger partial charge in [0.2, 0.25) is 0 Å². The Kier molecular flexibility index (Phi) is 3.48. The molecule has 1 N–H and O–H groups in total. The van der Waals surface area contributed by atoms with Crippen molar-refractivity contribution in [1.29, 1.82) is 0 Å². The lowest BCUT2D eigenvalue weighted by Crippen LogP contribution is -2.50. The molecule has 106 valence electrons. The maximum absolute atomic E-state index is 12.5. The molecule has 2 unspecified atom stereocenters. The molecule has 0 saturated carbocycles. The number of rotatable bonds is 3. The molecule has 0 aromatic heterocycles. The summed E-state index contributed by atoms with van der Waals surface area (Å²) < 4.78 is 5.50. The van der Waals surface area contributed by atoms with E-state index in [1.807, 2.05) is 4.90 Å². The van der Waals surface area contributed by atoms with E-state index in [0.717, 1.165) is 38.5 Å². The van der Waals surface area contributed by atoms with Crippen LogP contribution in [0.2, 0.25) is 0 Å². The summed E-state index contributed by atoms with van der Waals surface area (Å²) in [5.74, 6) is -0.328. The third kappa shape index (κ3) is 2.48. The van der Waals surface area contributed by atoms with Crippen molar-refractivity contribution >= 4 is 11.9 Å². The molecule has 0 aromatic carbocycles. The quantitative estimate of drug-likeness (QED) is 0.839. The van der Waals surface area contributed by atoms with Crippen molar-refractivity contribution in [2.24, 2.45) is 5.92 Å². The molecule has 3 heterocycles. The number of carboxylic acids is 1. The summed E-state index contributed by atoms with van der Waals surface area (Å²) in [6.45, 7) is 0.696. The Labute approximate surface area is 112 Å². The standard InChI is InChI=1S/C14H21NO4/c16-13(17)8-9-6-10-3-4-11(7-9)15(10)14(18)12-2-1-5-19-12/h9-12H,1-8H2,(H,16,17)/t9?,10?,11?,12-/m1/s1. The first kappa shape index (κ1) is 12.9. The van der Waals surface area contributed by atoms with Gasteiger partial charge >= 0.3 is 5.97 Å². The number of carboxylic acid groups (broad SMARTS) is 1. The fraction of sp³-hybridized carbons (Fsp3) is 0.857. The van der Waals surface area contributed by atoms with Gasteiger partial charge in [0.05, 0.1) is 0 Å². The number of hydrogen-bond donors (Lipinski definition) is 1. The molecule has 0 aromatic rings. The monoisotopic (exact) mass is 267 g/mol. The highest BCUT2D eigenvalue weighted by Gasteiger charge is 2.45. The van der Waals surface area contributed by atoms with Gasteiger partial charge in [-0.25, -0.2) is 0 Å². The van der Waals surface area contributed by atoms with Gasteiger partial charge in [-0.05, 0) is 44.4 Å². The minimum Gasteiger partial charge on any atom is -0.481 e. The maximum Gasteiger partial charge on any atom is 0.303 e. The van der Waals surface area contributed by atoms with E-state index in [2.05, 4.69) is 0 Å². The van der Waals surface area contributed by atoms with Crippen molar-refractivity contribution in [3.8, 4) is 0 Å². The van der Waals surface area contributed by atoms with Crippen molar-refractivity contribution < 1.29 is 19.4 Å². The Balaban J connectivity index is 1.65. The average Bonchev–Trinajstić information content (AvgIpc) is 2.95. The Morgan fingerprint density at radius 1 is 1.16 bits per heavy atom. The van der Waals surface area contributed by atoms with Crippen LogP contribution in [0.3, 0.4) is 0 Å². The zero-order chi connectivity index (χ0) is 13.4. The molecule has 5 nitrogen and oxygen atoms in total. The Morgan fingerprint density at radius 3 is 2.37 bits per heavy atom. The van der Waals surface area contributed by atoms with Gasteiger partial charge in [-0.15, -0.1) is 0 Å². The predicted octanol–water partition coefficient (Wildman–Crippen LogP) is 1.41. The summed E-state index contributed by atoms with van der Waals surface area (Å²) in [6, 6.07) is 0.500. The number of amides is 1. The molecule has 3 atom stereocenters. The summed E-state index contributed by atoms with van der Waals surface area (Å²) in [5, 5.41) is 8.91. The van der Waals surface area contributed by atoms with Crippen LogP contribution in [-0.2, 0) is 14.3 Å². The molecule has 0 spiro atoms. The molecule has 5 heteroatoms. The topological polar surface area (TPSA) is 66.8 Å². The number of aliphatic carboxylic acids is 1. The van der Waals surface area contributed by atoms with Crippen LogP contribution in [0.4, 0.5) is 0 Å². The molecular formula is C14H21NO4. The van der Waals surface area contributed by atoms with Crippen LogP contribution in [0.5, 0.6) is 0 Å². The third-order valence-corrected chi connectivity index (χ3v) is 4.75. The zero-order valence-electron chi connectivity index (χ0n) is 11.1. The molecule has 19 heavy (non-hydrogen) atoms. The van der Waals surface area contributed by atoms with E-state index in [1.54, 1.807) is 0 Å². The van der Waals surface area contributed by atoms with E-state index in [4.69, 9.17) is 9.84 Å². The number of carbonyl (C=O) groups excluding carboxylic acids is 1. The first-order chi connectivity index (χ1) is 9.15. The van der Waals surface area contributed by atoms with Crippen molar-refractivity contribution in [3.05, 3.63) is 0 Å². The highest BCUT2D eigenvalue weighted by Crippen LogP contribution is 2.40. The molecule has 1 amide bonds. The molecule has 3 aliphatic rings. The second-order valence-corrected chi connectivity index (χ2v) is 6.07. The number of ether oxygens (including phenoxy) is 1. The largest absolute Gasteiger partial charge is 0.481 e. The normalized spacial score (nSPS) is 37.6. The SMILES string of the molecule is O=C(O)CC1CC2CCC(C1)N2C(=O)[C@H]1CCCO1. The second-order valence-electron chi connectivity index (χ2n) is 6.07. The summed E-state index contributed by atoms with van der Waals surface area (Å²) >= 11 is 0. The smallest absolute Gasteiger partial charge is 0.303 e. The van der Waals surface area contributed by atoms with Gasteiger partial charge < -0.3 is 14.7 Å². The van der Waals surface area contributed by atoms with Crippen LogP contribution in [0.1, 0.15) is 44.9 Å². The fourth-order valence-corrected chi connectivity index (χ4v) is 4.00.